The number of hydrogen-bond acceptors (Lipinski definition) is 3. The van der Waals surface area contributed by atoms with Crippen LogP contribution < -0.4 is 0 Å². The van der Waals surface area contributed by atoms with E-state index in [4.69, 9.17) is 4.74 Å². The first-order chi connectivity index (χ1) is 9.16. The molecule has 0 fully saturated rings. The molecular formula is C17H27NO2. The summed E-state index contributed by atoms with van der Waals surface area (Å²) in [5.41, 5.74) is 3.80. The first-order valence-corrected chi connectivity index (χ1v) is 7.01. The molecule has 3 nitrogen and oxygen atoms in total. The van der Waals surface area contributed by atoms with Gasteiger partial charge in [0.25, 0.3) is 0 Å². The average Bonchev–Trinajstić information content (AvgIpc) is 2.33. The van der Waals surface area contributed by atoms with Crippen LogP contribution in [0.25, 0.3) is 0 Å². The zero-order valence-electron chi connectivity index (χ0n) is 13.8. The molecule has 0 aliphatic heterocycles. The largest absolute Gasteiger partial charge is 0.468 e. The Balaban J connectivity index is 3.18. The molecule has 1 aromatic carbocycles. The minimum absolute atomic E-state index is 0.0655. The van der Waals surface area contributed by atoms with Crippen molar-refractivity contribution >= 4 is 5.97 Å². The quantitative estimate of drug-likeness (QED) is 0.793. The van der Waals surface area contributed by atoms with Gasteiger partial charge in [-0.15, -0.1) is 0 Å². The predicted octanol–water partition coefficient (Wildman–Crippen LogP) is 2.94. The minimum Gasteiger partial charge on any atom is -0.468 e. The Kier molecular flexibility index (Phi) is 5.35. The molecule has 1 rings (SSSR count). The molecule has 1 unspecified atom stereocenters. The summed E-state index contributed by atoms with van der Waals surface area (Å²) in [7, 11) is 5.27. The van der Waals surface area contributed by atoms with Gasteiger partial charge in [0.15, 0.2) is 0 Å². The van der Waals surface area contributed by atoms with E-state index in [0.717, 1.165) is 0 Å². The smallest absolute Gasteiger partial charge is 0.323 e. The van der Waals surface area contributed by atoms with Gasteiger partial charge in [-0.25, -0.2) is 0 Å². The van der Waals surface area contributed by atoms with E-state index in [-0.39, 0.29) is 17.4 Å². The number of aryl methyl sites for hydroxylation is 1. The molecule has 112 valence electrons. The van der Waals surface area contributed by atoms with Crippen LogP contribution in [0.5, 0.6) is 0 Å². The van der Waals surface area contributed by atoms with Crippen molar-refractivity contribution in [1.82, 2.24) is 4.90 Å². The van der Waals surface area contributed by atoms with Crippen molar-refractivity contribution in [2.24, 2.45) is 0 Å². The van der Waals surface area contributed by atoms with Crippen LogP contribution in [0.1, 0.15) is 37.5 Å². The van der Waals surface area contributed by atoms with E-state index < -0.39 is 0 Å². The molecule has 0 spiro atoms. The summed E-state index contributed by atoms with van der Waals surface area (Å²) in [4.78, 5) is 13.9. The van der Waals surface area contributed by atoms with Crippen LogP contribution in [0.3, 0.4) is 0 Å². The number of carbonyl (C=O) groups excluding carboxylic acids is 1. The van der Waals surface area contributed by atoms with Gasteiger partial charge in [-0.05, 0) is 44.0 Å². The fraction of sp³-hybridized carbons (Fsp3) is 0.588. The highest BCUT2D eigenvalue weighted by Crippen LogP contribution is 2.28. The summed E-state index contributed by atoms with van der Waals surface area (Å²) in [5.74, 6) is -0.184. The number of esters is 1. The van der Waals surface area contributed by atoms with Gasteiger partial charge in [-0.1, -0.05) is 44.5 Å². The van der Waals surface area contributed by atoms with Gasteiger partial charge in [0.2, 0.25) is 0 Å². The minimum atomic E-state index is -0.247. The van der Waals surface area contributed by atoms with Crippen LogP contribution in [0, 0.1) is 6.92 Å². The van der Waals surface area contributed by atoms with Crippen LogP contribution in [0.15, 0.2) is 18.2 Å². The van der Waals surface area contributed by atoms with E-state index in [2.05, 4.69) is 45.9 Å². The van der Waals surface area contributed by atoms with Crippen molar-refractivity contribution in [2.45, 2.75) is 45.6 Å². The van der Waals surface area contributed by atoms with E-state index in [1.165, 1.54) is 23.8 Å². The van der Waals surface area contributed by atoms with E-state index in [9.17, 15) is 4.79 Å². The fourth-order valence-electron chi connectivity index (χ4n) is 2.44. The van der Waals surface area contributed by atoms with Gasteiger partial charge >= 0.3 is 5.97 Å². The Morgan fingerprint density at radius 1 is 1.30 bits per heavy atom. The maximum absolute atomic E-state index is 11.9. The summed E-state index contributed by atoms with van der Waals surface area (Å²) in [6.07, 6.45) is 0.675. The number of likely N-dealkylation sites (N-methyl/N-ethyl adjacent to an activating group) is 1. The van der Waals surface area contributed by atoms with Gasteiger partial charge in [0.1, 0.15) is 6.04 Å². The number of methoxy groups -OCH3 is 1. The molecule has 0 radical (unpaired) electrons. The van der Waals surface area contributed by atoms with Gasteiger partial charge in [-0.3, -0.25) is 9.69 Å². The Bertz CT molecular complexity index is 472. The summed E-state index contributed by atoms with van der Waals surface area (Å²) in [5, 5.41) is 0. The van der Waals surface area contributed by atoms with Crippen molar-refractivity contribution in [2.75, 3.05) is 21.2 Å². The molecule has 3 heteroatoms. The van der Waals surface area contributed by atoms with E-state index in [0.29, 0.717) is 6.42 Å². The maximum atomic E-state index is 11.9. The summed E-state index contributed by atoms with van der Waals surface area (Å²) in [6.45, 7) is 8.68. The lowest BCUT2D eigenvalue weighted by atomic mass is 9.81. The second kappa shape index (κ2) is 6.40. The molecule has 0 aliphatic rings. The number of rotatable bonds is 4. The zero-order valence-corrected chi connectivity index (χ0v) is 13.8. The van der Waals surface area contributed by atoms with Gasteiger partial charge in [-0.2, -0.15) is 0 Å². The second-order valence-electron chi connectivity index (χ2n) is 6.62. The van der Waals surface area contributed by atoms with Crippen LogP contribution in [-0.4, -0.2) is 38.1 Å². The Hall–Kier alpha value is -1.35. The Morgan fingerprint density at radius 3 is 2.35 bits per heavy atom. The Morgan fingerprint density at radius 2 is 1.90 bits per heavy atom. The lowest BCUT2D eigenvalue weighted by molar-refractivity contribution is -0.145. The summed E-state index contributed by atoms with van der Waals surface area (Å²) >= 11 is 0. The number of benzene rings is 1. The third kappa shape index (κ3) is 4.07. The lowest BCUT2D eigenvalue weighted by Gasteiger charge is -2.27. The molecule has 0 saturated heterocycles. The Labute approximate surface area is 122 Å². The van der Waals surface area contributed by atoms with Crippen molar-refractivity contribution < 1.29 is 9.53 Å². The maximum Gasteiger partial charge on any atom is 0.323 e. The molecule has 0 heterocycles. The summed E-state index contributed by atoms with van der Waals surface area (Å²) in [6, 6.07) is 6.24. The van der Waals surface area contributed by atoms with Gasteiger partial charge in [0.05, 0.1) is 7.11 Å². The zero-order chi connectivity index (χ0) is 15.5. The van der Waals surface area contributed by atoms with Gasteiger partial charge in [0, 0.05) is 0 Å². The first-order valence-electron chi connectivity index (χ1n) is 7.01. The summed E-state index contributed by atoms with van der Waals surface area (Å²) < 4.78 is 4.92. The van der Waals surface area contributed by atoms with Crippen molar-refractivity contribution in [3.8, 4) is 0 Å². The number of nitrogens with zero attached hydrogens (tertiary/aromatic N) is 1. The molecule has 0 aliphatic carbocycles. The fourth-order valence-corrected chi connectivity index (χ4v) is 2.44. The normalized spacial score (nSPS) is 13.4. The van der Waals surface area contributed by atoms with Crippen LogP contribution in [0.4, 0.5) is 0 Å². The van der Waals surface area contributed by atoms with Crippen molar-refractivity contribution in [3.63, 3.8) is 0 Å². The van der Waals surface area contributed by atoms with Gasteiger partial charge < -0.3 is 4.74 Å². The first kappa shape index (κ1) is 16.7. The number of carbonyl (C=O) groups is 1. The molecule has 1 atom stereocenters. The van der Waals surface area contributed by atoms with Crippen LogP contribution in [0.2, 0.25) is 0 Å². The molecule has 20 heavy (non-hydrogen) atoms. The average molecular weight is 277 g/mol. The SMILES string of the molecule is COC(=O)C(Cc1cc(C)ccc1C(C)(C)C)N(C)C. The predicted molar refractivity (Wildman–Crippen MR) is 83.1 cm³/mol. The topological polar surface area (TPSA) is 29.5 Å². The molecule has 0 saturated carbocycles. The highest BCUT2D eigenvalue weighted by atomic mass is 16.5. The molecular weight excluding hydrogens is 250 g/mol. The highest BCUT2D eigenvalue weighted by molar-refractivity contribution is 5.76. The molecule has 0 aromatic heterocycles. The van der Waals surface area contributed by atoms with E-state index in [1.54, 1.807) is 0 Å². The molecule has 0 bridgehead atoms. The molecule has 0 amide bonds. The standard InChI is InChI=1S/C17H27NO2/c1-12-8-9-14(17(2,3)4)13(10-12)11-15(18(5)6)16(19)20-7/h8-10,15H,11H2,1-7H3. The van der Waals surface area contributed by atoms with E-state index >= 15 is 0 Å². The van der Waals surface area contributed by atoms with Crippen LogP contribution in [-0.2, 0) is 21.4 Å². The second-order valence-corrected chi connectivity index (χ2v) is 6.62. The number of ether oxygens (including phenoxy) is 1. The van der Waals surface area contributed by atoms with Crippen molar-refractivity contribution in [3.05, 3.63) is 34.9 Å². The third-order valence-corrected chi connectivity index (χ3v) is 3.58. The number of hydrogen-bond donors (Lipinski definition) is 0. The molecule has 1 aromatic rings. The van der Waals surface area contributed by atoms with Crippen molar-refractivity contribution in [1.29, 1.82) is 0 Å². The van der Waals surface area contributed by atoms with E-state index in [1.807, 2.05) is 19.0 Å². The monoisotopic (exact) mass is 277 g/mol. The molecule has 0 N–H and O–H groups in total. The van der Waals surface area contributed by atoms with Crippen LogP contribution >= 0.6 is 0 Å². The third-order valence-electron chi connectivity index (χ3n) is 3.58. The highest BCUT2D eigenvalue weighted by Gasteiger charge is 2.25. The lowest BCUT2D eigenvalue weighted by Crippen LogP contribution is -2.39.